The van der Waals surface area contributed by atoms with Crippen LogP contribution in [0.25, 0.3) is 0 Å². The van der Waals surface area contributed by atoms with Gasteiger partial charge in [-0.2, -0.15) is 0 Å². The third-order valence-electron chi connectivity index (χ3n) is 3.21. The highest BCUT2D eigenvalue weighted by molar-refractivity contribution is 5.77. The Morgan fingerprint density at radius 1 is 1.41 bits per heavy atom. The van der Waals surface area contributed by atoms with Crippen molar-refractivity contribution in [1.29, 1.82) is 0 Å². The van der Waals surface area contributed by atoms with Crippen LogP contribution in [0.1, 0.15) is 19.3 Å². The Labute approximate surface area is 104 Å². The van der Waals surface area contributed by atoms with E-state index in [1.807, 2.05) is 0 Å². The van der Waals surface area contributed by atoms with Gasteiger partial charge in [0.1, 0.15) is 0 Å². The number of aliphatic hydroxyl groups is 1. The Morgan fingerprint density at radius 3 is 2.59 bits per heavy atom. The zero-order chi connectivity index (χ0) is 12.7. The summed E-state index contributed by atoms with van der Waals surface area (Å²) in [6.45, 7) is 3.64. The zero-order valence-electron chi connectivity index (χ0n) is 11.0. The van der Waals surface area contributed by atoms with Crippen LogP contribution in [-0.4, -0.2) is 73.7 Å². The smallest absolute Gasteiger partial charge is 0.236 e. The molecule has 0 aromatic carbocycles. The average molecular weight is 243 g/mol. The molecule has 1 heterocycles. The Kier molecular flexibility index (Phi) is 6.47. The number of amides is 1. The standard InChI is InChI=1S/C12H25N3O2/c1-14(2)12(17)10-15-7-4-11(5-8-15)13-6-3-9-16/h11,13,16H,3-10H2,1-2H3. The van der Waals surface area contributed by atoms with E-state index in [1.54, 1.807) is 19.0 Å². The fraction of sp³-hybridized carbons (Fsp3) is 0.917. The maximum Gasteiger partial charge on any atom is 0.236 e. The summed E-state index contributed by atoms with van der Waals surface area (Å²) in [5, 5.41) is 12.1. The van der Waals surface area contributed by atoms with Crippen molar-refractivity contribution in [2.75, 3.05) is 46.9 Å². The van der Waals surface area contributed by atoms with Crippen LogP contribution in [0, 0.1) is 0 Å². The fourth-order valence-electron chi connectivity index (χ4n) is 2.01. The van der Waals surface area contributed by atoms with Crippen LogP contribution < -0.4 is 5.32 Å². The Bertz CT molecular complexity index is 226. The van der Waals surface area contributed by atoms with Crippen molar-refractivity contribution in [3.05, 3.63) is 0 Å². The minimum atomic E-state index is 0.177. The molecule has 0 aromatic heterocycles. The molecule has 1 aliphatic heterocycles. The first kappa shape index (κ1) is 14.4. The molecule has 0 bridgehead atoms. The van der Waals surface area contributed by atoms with Crippen molar-refractivity contribution in [1.82, 2.24) is 15.1 Å². The van der Waals surface area contributed by atoms with E-state index in [0.717, 1.165) is 38.9 Å². The van der Waals surface area contributed by atoms with Gasteiger partial charge in [-0.1, -0.05) is 0 Å². The molecule has 0 unspecified atom stereocenters. The van der Waals surface area contributed by atoms with E-state index in [0.29, 0.717) is 12.6 Å². The van der Waals surface area contributed by atoms with Crippen molar-refractivity contribution in [2.45, 2.75) is 25.3 Å². The van der Waals surface area contributed by atoms with Crippen molar-refractivity contribution < 1.29 is 9.90 Å². The molecule has 17 heavy (non-hydrogen) atoms. The summed E-state index contributed by atoms with van der Waals surface area (Å²) in [6, 6.07) is 0.548. The van der Waals surface area contributed by atoms with Crippen molar-refractivity contribution in [2.24, 2.45) is 0 Å². The molecule has 0 aromatic rings. The lowest BCUT2D eigenvalue weighted by atomic mass is 10.0. The number of piperidine rings is 1. The van der Waals surface area contributed by atoms with Crippen LogP contribution in [0.3, 0.4) is 0 Å². The van der Waals surface area contributed by atoms with Gasteiger partial charge in [-0.3, -0.25) is 9.69 Å². The lowest BCUT2D eigenvalue weighted by molar-refractivity contribution is -0.130. The van der Waals surface area contributed by atoms with Crippen molar-refractivity contribution in [3.63, 3.8) is 0 Å². The third kappa shape index (κ3) is 5.48. The topological polar surface area (TPSA) is 55.8 Å². The van der Waals surface area contributed by atoms with E-state index in [4.69, 9.17) is 5.11 Å². The van der Waals surface area contributed by atoms with Gasteiger partial charge in [0.05, 0.1) is 6.54 Å². The fourth-order valence-corrected chi connectivity index (χ4v) is 2.01. The molecule has 100 valence electrons. The molecule has 1 rings (SSSR count). The first-order valence-electron chi connectivity index (χ1n) is 6.40. The lowest BCUT2D eigenvalue weighted by Gasteiger charge is -2.32. The number of carbonyl (C=O) groups is 1. The summed E-state index contributed by atoms with van der Waals surface area (Å²) in [4.78, 5) is 15.4. The minimum absolute atomic E-state index is 0.177. The van der Waals surface area contributed by atoms with E-state index in [2.05, 4.69) is 10.2 Å². The normalized spacial score (nSPS) is 18.3. The summed E-state index contributed by atoms with van der Waals surface area (Å²) in [5.41, 5.74) is 0. The molecule has 0 saturated carbocycles. The van der Waals surface area contributed by atoms with Crippen LogP contribution in [0.2, 0.25) is 0 Å². The maximum atomic E-state index is 11.5. The number of hydrogen-bond donors (Lipinski definition) is 2. The number of likely N-dealkylation sites (N-methyl/N-ethyl adjacent to an activating group) is 1. The van der Waals surface area contributed by atoms with Gasteiger partial charge in [-0.25, -0.2) is 0 Å². The number of aliphatic hydroxyl groups excluding tert-OH is 1. The van der Waals surface area contributed by atoms with E-state index in [1.165, 1.54) is 0 Å². The highest BCUT2D eigenvalue weighted by Gasteiger charge is 2.20. The van der Waals surface area contributed by atoms with E-state index >= 15 is 0 Å². The molecular weight excluding hydrogens is 218 g/mol. The number of hydrogen-bond acceptors (Lipinski definition) is 4. The molecule has 0 atom stereocenters. The molecule has 5 heteroatoms. The second-order valence-electron chi connectivity index (χ2n) is 4.87. The molecule has 0 aliphatic carbocycles. The van der Waals surface area contributed by atoms with E-state index in [-0.39, 0.29) is 12.5 Å². The van der Waals surface area contributed by atoms with Gasteiger partial charge < -0.3 is 15.3 Å². The molecule has 1 fully saturated rings. The highest BCUT2D eigenvalue weighted by atomic mass is 16.3. The number of likely N-dealkylation sites (tertiary alicyclic amines) is 1. The largest absolute Gasteiger partial charge is 0.396 e. The summed E-state index contributed by atoms with van der Waals surface area (Å²) in [7, 11) is 3.59. The van der Waals surface area contributed by atoms with Gasteiger partial charge in [0.2, 0.25) is 5.91 Å². The minimum Gasteiger partial charge on any atom is -0.396 e. The second kappa shape index (κ2) is 7.63. The van der Waals surface area contributed by atoms with Crippen LogP contribution in [0.4, 0.5) is 0 Å². The first-order chi connectivity index (χ1) is 8.13. The predicted molar refractivity (Wildman–Crippen MR) is 67.9 cm³/mol. The second-order valence-corrected chi connectivity index (χ2v) is 4.87. The van der Waals surface area contributed by atoms with Crippen molar-refractivity contribution in [3.8, 4) is 0 Å². The van der Waals surface area contributed by atoms with Crippen molar-refractivity contribution >= 4 is 5.91 Å². The summed E-state index contributed by atoms with van der Waals surface area (Å²) >= 11 is 0. The van der Waals surface area contributed by atoms with Gasteiger partial charge in [0.15, 0.2) is 0 Å². The van der Waals surface area contributed by atoms with Gasteiger partial charge >= 0.3 is 0 Å². The summed E-state index contributed by atoms with van der Waals surface area (Å²) < 4.78 is 0. The predicted octanol–water partition coefficient (Wildman–Crippen LogP) is -0.489. The first-order valence-corrected chi connectivity index (χ1v) is 6.40. The van der Waals surface area contributed by atoms with Gasteiger partial charge in [-0.05, 0) is 25.8 Å². The van der Waals surface area contributed by atoms with Gasteiger partial charge in [0.25, 0.3) is 0 Å². The van der Waals surface area contributed by atoms with Crippen LogP contribution in [0.5, 0.6) is 0 Å². The molecule has 0 radical (unpaired) electrons. The number of rotatable bonds is 6. The van der Waals surface area contributed by atoms with E-state index in [9.17, 15) is 4.79 Å². The van der Waals surface area contributed by atoms with Crippen LogP contribution >= 0.6 is 0 Å². The van der Waals surface area contributed by atoms with E-state index < -0.39 is 0 Å². The molecule has 1 amide bonds. The highest BCUT2D eigenvalue weighted by Crippen LogP contribution is 2.10. The summed E-state index contributed by atoms with van der Waals surface area (Å²) in [5.74, 6) is 0.177. The maximum absolute atomic E-state index is 11.5. The molecule has 0 spiro atoms. The molecule has 1 saturated heterocycles. The Hall–Kier alpha value is -0.650. The van der Waals surface area contributed by atoms with Gasteiger partial charge in [0, 0.05) is 39.8 Å². The summed E-state index contributed by atoms with van der Waals surface area (Å²) in [6.07, 6.45) is 3.00. The van der Waals surface area contributed by atoms with Crippen LogP contribution in [-0.2, 0) is 4.79 Å². The molecular formula is C12H25N3O2. The molecule has 1 aliphatic rings. The number of carbonyl (C=O) groups excluding carboxylic acids is 1. The SMILES string of the molecule is CN(C)C(=O)CN1CCC(NCCCO)CC1. The lowest BCUT2D eigenvalue weighted by Crippen LogP contribution is -2.46. The zero-order valence-corrected chi connectivity index (χ0v) is 11.0. The quantitative estimate of drug-likeness (QED) is 0.618. The van der Waals surface area contributed by atoms with Crippen LogP contribution in [0.15, 0.2) is 0 Å². The third-order valence-corrected chi connectivity index (χ3v) is 3.21. The average Bonchev–Trinajstić information content (AvgIpc) is 2.31. The van der Waals surface area contributed by atoms with Gasteiger partial charge in [-0.15, -0.1) is 0 Å². The Balaban J connectivity index is 2.15. The number of nitrogens with zero attached hydrogens (tertiary/aromatic N) is 2. The Morgan fingerprint density at radius 2 is 2.06 bits per heavy atom. The monoisotopic (exact) mass is 243 g/mol. The molecule has 5 nitrogen and oxygen atoms in total. The number of nitrogens with one attached hydrogen (secondary N) is 1. The molecule has 2 N–H and O–H groups in total.